The quantitative estimate of drug-likeness (QED) is 0.661. The first-order valence-corrected chi connectivity index (χ1v) is 6.83. The molecule has 1 atom stereocenters. The van der Waals surface area contributed by atoms with Crippen molar-refractivity contribution in [2.75, 3.05) is 25.1 Å². The largest absolute Gasteiger partial charge is 0.477 e. The van der Waals surface area contributed by atoms with Gasteiger partial charge in [0.25, 0.3) is 5.69 Å². The topological polar surface area (TPSA) is 92.9 Å². The van der Waals surface area contributed by atoms with Crippen LogP contribution in [0.4, 0.5) is 11.4 Å². The number of hydrogen-bond acceptors (Lipinski definition) is 5. The highest BCUT2D eigenvalue weighted by molar-refractivity contribution is 5.93. The van der Waals surface area contributed by atoms with Crippen LogP contribution in [-0.4, -0.2) is 42.3 Å². The molecule has 1 heterocycles. The third-order valence-corrected chi connectivity index (χ3v) is 3.60. The molecule has 7 heteroatoms. The number of carbonyl (C=O) groups is 1. The van der Waals surface area contributed by atoms with Crippen molar-refractivity contribution in [2.24, 2.45) is 0 Å². The highest BCUT2D eigenvalue weighted by Crippen LogP contribution is 2.26. The second-order valence-corrected chi connectivity index (χ2v) is 5.13. The van der Waals surface area contributed by atoms with Crippen LogP contribution in [0.1, 0.15) is 29.6 Å². The molecule has 0 aliphatic carbocycles. The number of carboxylic acid groups (broad SMARTS) is 1. The number of nitro groups is 1. The Morgan fingerprint density at radius 2 is 2.29 bits per heavy atom. The molecule has 1 fully saturated rings. The Morgan fingerprint density at radius 3 is 2.86 bits per heavy atom. The van der Waals surface area contributed by atoms with Gasteiger partial charge in [-0.1, -0.05) is 0 Å². The smallest absolute Gasteiger partial charge is 0.342 e. The number of aromatic carboxylic acids is 1. The maximum absolute atomic E-state index is 11.0. The van der Waals surface area contributed by atoms with Crippen LogP contribution in [0.15, 0.2) is 18.2 Å². The zero-order valence-electron chi connectivity index (χ0n) is 11.8. The van der Waals surface area contributed by atoms with E-state index >= 15 is 0 Å². The standard InChI is InChI=1S/C14H18N2O5/c1-15(9-11-4-2-3-7-21-11)10-5-6-12(14(17)18)13(8-10)16(19)20/h5-6,8,11H,2-4,7,9H2,1H3,(H,17,18). The third-order valence-electron chi connectivity index (χ3n) is 3.60. The van der Waals surface area contributed by atoms with E-state index in [0.717, 1.165) is 25.9 Å². The first kappa shape index (κ1) is 15.2. The summed E-state index contributed by atoms with van der Waals surface area (Å²) >= 11 is 0. The molecule has 1 N–H and O–H groups in total. The summed E-state index contributed by atoms with van der Waals surface area (Å²) in [7, 11) is 1.82. The summed E-state index contributed by atoms with van der Waals surface area (Å²) in [6.45, 7) is 1.38. The van der Waals surface area contributed by atoms with Crippen LogP contribution >= 0.6 is 0 Å². The summed E-state index contributed by atoms with van der Waals surface area (Å²) in [5, 5.41) is 20.0. The van der Waals surface area contributed by atoms with E-state index in [1.807, 2.05) is 11.9 Å². The highest BCUT2D eigenvalue weighted by atomic mass is 16.6. The monoisotopic (exact) mass is 294 g/mol. The van der Waals surface area contributed by atoms with E-state index in [0.29, 0.717) is 12.2 Å². The second kappa shape index (κ2) is 6.53. The van der Waals surface area contributed by atoms with E-state index in [-0.39, 0.29) is 11.7 Å². The molecule has 1 unspecified atom stereocenters. The van der Waals surface area contributed by atoms with E-state index in [9.17, 15) is 14.9 Å². The molecule has 7 nitrogen and oxygen atoms in total. The van der Waals surface area contributed by atoms with Crippen molar-refractivity contribution in [3.63, 3.8) is 0 Å². The van der Waals surface area contributed by atoms with Crippen molar-refractivity contribution in [2.45, 2.75) is 25.4 Å². The fourth-order valence-electron chi connectivity index (χ4n) is 2.45. The van der Waals surface area contributed by atoms with Crippen LogP contribution in [0.3, 0.4) is 0 Å². The van der Waals surface area contributed by atoms with Crippen molar-refractivity contribution in [1.29, 1.82) is 0 Å². The Kier molecular flexibility index (Phi) is 4.74. The SMILES string of the molecule is CN(CC1CCCCO1)c1ccc(C(=O)O)c([N+](=O)[O-])c1. The average molecular weight is 294 g/mol. The molecule has 1 saturated heterocycles. The minimum atomic E-state index is -1.30. The molecule has 0 spiro atoms. The molecule has 1 aliphatic heterocycles. The molecule has 21 heavy (non-hydrogen) atoms. The third kappa shape index (κ3) is 3.69. The average Bonchev–Trinajstić information content (AvgIpc) is 2.47. The molecule has 1 aromatic rings. The van der Waals surface area contributed by atoms with Crippen molar-refractivity contribution < 1.29 is 19.6 Å². The van der Waals surface area contributed by atoms with E-state index in [4.69, 9.17) is 9.84 Å². The number of anilines is 1. The predicted octanol–water partition coefficient (Wildman–Crippen LogP) is 2.30. The molecule has 0 aromatic heterocycles. The van der Waals surface area contributed by atoms with Crippen molar-refractivity contribution in [3.05, 3.63) is 33.9 Å². The van der Waals surface area contributed by atoms with Crippen molar-refractivity contribution in [1.82, 2.24) is 0 Å². The Labute approximate surface area is 122 Å². The number of carboxylic acids is 1. The van der Waals surface area contributed by atoms with E-state index in [1.165, 1.54) is 12.1 Å². The van der Waals surface area contributed by atoms with E-state index < -0.39 is 16.6 Å². The molecule has 114 valence electrons. The van der Waals surface area contributed by atoms with Gasteiger partial charge in [0.2, 0.25) is 0 Å². The van der Waals surface area contributed by atoms with Gasteiger partial charge in [0.15, 0.2) is 0 Å². The number of benzene rings is 1. The van der Waals surface area contributed by atoms with Gasteiger partial charge in [-0.2, -0.15) is 0 Å². The summed E-state index contributed by atoms with van der Waals surface area (Å²) in [5.41, 5.74) is -0.0802. The van der Waals surface area contributed by atoms with Crippen molar-refractivity contribution >= 4 is 17.3 Å². The lowest BCUT2D eigenvalue weighted by molar-refractivity contribution is -0.385. The maximum atomic E-state index is 11.0. The number of likely N-dealkylation sites (N-methyl/N-ethyl adjacent to an activating group) is 1. The van der Waals surface area contributed by atoms with Gasteiger partial charge < -0.3 is 14.7 Å². The molecule has 1 aliphatic rings. The lowest BCUT2D eigenvalue weighted by Crippen LogP contribution is -2.33. The van der Waals surface area contributed by atoms with Gasteiger partial charge >= 0.3 is 5.97 Å². The van der Waals surface area contributed by atoms with Crippen LogP contribution in [0.25, 0.3) is 0 Å². The molecule has 2 rings (SSSR count). The van der Waals surface area contributed by atoms with Gasteiger partial charge in [-0.25, -0.2) is 4.79 Å². The molecular weight excluding hydrogens is 276 g/mol. The molecule has 0 amide bonds. The first-order chi connectivity index (χ1) is 9.99. The van der Waals surface area contributed by atoms with Gasteiger partial charge in [0, 0.05) is 32.0 Å². The zero-order valence-corrected chi connectivity index (χ0v) is 11.8. The molecule has 1 aromatic carbocycles. The fraction of sp³-hybridized carbons (Fsp3) is 0.500. The maximum Gasteiger partial charge on any atom is 0.342 e. The van der Waals surface area contributed by atoms with Crippen LogP contribution in [0.5, 0.6) is 0 Å². The van der Waals surface area contributed by atoms with Crippen LogP contribution in [0.2, 0.25) is 0 Å². The second-order valence-electron chi connectivity index (χ2n) is 5.13. The first-order valence-electron chi connectivity index (χ1n) is 6.83. The molecule has 0 radical (unpaired) electrons. The van der Waals surface area contributed by atoms with Gasteiger partial charge in [-0.15, -0.1) is 0 Å². The van der Waals surface area contributed by atoms with Gasteiger partial charge in [0.05, 0.1) is 11.0 Å². The number of hydrogen-bond donors (Lipinski definition) is 1. The normalized spacial score (nSPS) is 18.2. The number of nitro benzene ring substituents is 1. The summed E-state index contributed by atoms with van der Waals surface area (Å²) in [4.78, 5) is 23.2. The molecule has 0 bridgehead atoms. The Hall–Kier alpha value is -2.15. The number of rotatable bonds is 5. The van der Waals surface area contributed by atoms with Crippen LogP contribution < -0.4 is 4.90 Å². The van der Waals surface area contributed by atoms with Gasteiger partial charge in [-0.3, -0.25) is 10.1 Å². The van der Waals surface area contributed by atoms with Crippen molar-refractivity contribution in [3.8, 4) is 0 Å². The number of ether oxygens (including phenoxy) is 1. The lowest BCUT2D eigenvalue weighted by Gasteiger charge is -2.28. The Bertz CT molecular complexity index is 540. The minimum Gasteiger partial charge on any atom is -0.477 e. The summed E-state index contributed by atoms with van der Waals surface area (Å²) in [5.74, 6) is -1.30. The summed E-state index contributed by atoms with van der Waals surface area (Å²) < 4.78 is 5.64. The minimum absolute atomic E-state index is 0.113. The van der Waals surface area contributed by atoms with Gasteiger partial charge in [0.1, 0.15) is 5.56 Å². The van der Waals surface area contributed by atoms with E-state index in [2.05, 4.69) is 0 Å². The summed E-state index contributed by atoms with van der Waals surface area (Å²) in [6.07, 6.45) is 3.27. The molecular formula is C14H18N2O5. The molecule has 0 saturated carbocycles. The van der Waals surface area contributed by atoms with E-state index in [1.54, 1.807) is 6.07 Å². The summed E-state index contributed by atoms with van der Waals surface area (Å²) in [6, 6.07) is 4.15. The Morgan fingerprint density at radius 1 is 1.52 bits per heavy atom. The zero-order chi connectivity index (χ0) is 15.4. The highest BCUT2D eigenvalue weighted by Gasteiger charge is 2.22. The van der Waals surface area contributed by atoms with Crippen LogP contribution in [-0.2, 0) is 4.74 Å². The predicted molar refractivity (Wildman–Crippen MR) is 76.9 cm³/mol. The Balaban J connectivity index is 2.17. The lowest BCUT2D eigenvalue weighted by atomic mass is 10.1. The fourth-order valence-corrected chi connectivity index (χ4v) is 2.45. The van der Waals surface area contributed by atoms with Crippen LogP contribution in [0, 0.1) is 10.1 Å². The number of nitrogens with zero attached hydrogens (tertiary/aromatic N) is 2. The van der Waals surface area contributed by atoms with Gasteiger partial charge in [-0.05, 0) is 31.4 Å².